The maximum Gasteiger partial charge on any atom is 0.410 e. The molecule has 0 aromatic heterocycles. The molecule has 0 aromatic rings. The van der Waals surface area contributed by atoms with Gasteiger partial charge in [-0.15, -0.1) is 0 Å². The summed E-state index contributed by atoms with van der Waals surface area (Å²) in [7, 11) is 1.80. The van der Waals surface area contributed by atoms with Crippen LogP contribution in [0.15, 0.2) is 0 Å². The van der Waals surface area contributed by atoms with Crippen LogP contribution in [0.25, 0.3) is 0 Å². The van der Waals surface area contributed by atoms with E-state index in [4.69, 9.17) is 4.74 Å². The van der Waals surface area contributed by atoms with Gasteiger partial charge in [0.2, 0.25) is 5.91 Å². The van der Waals surface area contributed by atoms with E-state index in [-0.39, 0.29) is 17.5 Å². The number of rotatable bonds is 5. The highest BCUT2D eigenvalue weighted by Gasteiger charge is 2.38. The topological polar surface area (TPSA) is 61.9 Å². The summed E-state index contributed by atoms with van der Waals surface area (Å²) in [5.74, 6) is 0.536. The molecule has 1 fully saturated rings. The van der Waals surface area contributed by atoms with Gasteiger partial charge in [-0.05, 0) is 46.5 Å². The van der Waals surface area contributed by atoms with Crippen LogP contribution in [0.3, 0.4) is 0 Å². The van der Waals surface area contributed by atoms with Crippen molar-refractivity contribution in [3.05, 3.63) is 0 Å². The van der Waals surface area contributed by atoms with Gasteiger partial charge in [-0.25, -0.2) is 4.79 Å². The molecular weight excluding hydrogens is 306 g/mol. The van der Waals surface area contributed by atoms with Crippen LogP contribution >= 0.6 is 0 Å². The summed E-state index contributed by atoms with van der Waals surface area (Å²) in [6.45, 7) is 14.6. The van der Waals surface area contributed by atoms with Gasteiger partial charge >= 0.3 is 6.09 Å². The van der Waals surface area contributed by atoms with Gasteiger partial charge in [0.1, 0.15) is 5.60 Å². The molecule has 1 aliphatic rings. The molecule has 1 N–H and O–H groups in total. The number of likely N-dealkylation sites (tertiary alicyclic amines) is 1. The first-order valence-corrected chi connectivity index (χ1v) is 8.89. The highest BCUT2D eigenvalue weighted by Crippen LogP contribution is 2.28. The molecule has 0 unspecified atom stereocenters. The van der Waals surface area contributed by atoms with E-state index in [9.17, 15) is 9.59 Å². The van der Waals surface area contributed by atoms with Crippen LogP contribution in [0.5, 0.6) is 0 Å². The van der Waals surface area contributed by atoms with Crippen LogP contribution in [-0.2, 0) is 9.53 Å². The summed E-state index contributed by atoms with van der Waals surface area (Å²) in [6, 6.07) is 0. The Hall–Kier alpha value is -1.30. The third-order valence-corrected chi connectivity index (χ3v) is 4.49. The number of carbonyl (C=O) groups excluding carboxylic acids is 2. The molecule has 1 heterocycles. The predicted molar refractivity (Wildman–Crippen MR) is 95.9 cm³/mol. The van der Waals surface area contributed by atoms with Crippen molar-refractivity contribution in [3.8, 4) is 0 Å². The number of piperidine rings is 1. The minimum Gasteiger partial charge on any atom is -0.444 e. The number of nitrogens with one attached hydrogen (secondary N) is 1. The average Bonchev–Trinajstić information content (AvgIpc) is 2.45. The van der Waals surface area contributed by atoms with Gasteiger partial charge in [0.05, 0.1) is 6.54 Å². The lowest BCUT2D eigenvalue weighted by atomic mass is 9.88. The van der Waals surface area contributed by atoms with E-state index in [2.05, 4.69) is 31.0 Å². The van der Waals surface area contributed by atoms with Crippen LogP contribution in [-0.4, -0.2) is 66.2 Å². The fourth-order valence-electron chi connectivity index (χ4n) is 2.66. The monoisotopic (exact) mass is 341 g/mol. The molecule has 0 spiro atoms. The minimum atomic E-state index is -0.489. The Labute approximate surface area is 146 Å². The molecule has 1 aliphatic heterocycles. The normalized spacial score (nSPS) is 18.3. The molecule has 24 heavy (non-hydrogen) atoms. The zero-order valence-corrected chi connectivity index (χ0v) is 16.4. The second-order valence-corrected chi connectivity index (χ2v) is 8.51. The highest BCUT2D eigenvalue weighted by molar-refractivity contribution is 5.78. The molecular formula is C18H35N3O3. The van der Waals surface area contributed by atoms with E-state index >= 15 is 0 Å². The zero-order valence-electron chi connectivity index (χ0n) is 16.4. The fraction of sp³-hybridized carbons (Fsp3) is 0.889. The molecule has 1 saturated heterocycles. The summed E-state index contributed by atoms with van der Waals surface area (Å²) in [5, 5.41) is 2.95. The van der Waals surface area contributed by atoms with Gasteiger partial charge in [-0.2, -0.15) is 0 Å². The van der Waals surface area contributed by atoms with Crippen molar-refractivity contribution in [2.24, 2.45) is 5.92 Å². The summed E-state index contributed by atoms with van der Waals surface area (Å²) < 4.78 is 5.47. The lowest BCUT2D eigenvalue weighted by Crippen LogP contribution is -2.55. The van der Waals surface area contributed by atoms with Gasteiger partial charge in [0.25, 0.3) is 0 Å². The van der Waals surface area contributed by atoms with Crippen molar-refractivity contribution in [1.82, 2.24) is 15.1 Å². The number of nitrogens with zero attached hydrogens (tertiary/aromatic N) is 2. The molecule has 0 atom stereocenters. The van der Waals surface area contributed by atoms with Gasteiger partial charge < -0.3 is 15.0 Å². The van der Waals surface area contributed by atoms with Crippen molar-refractivity contribution in [3.63, 3.8) is 0 Å². The SMILES string of the molecule is CC(C)CNC(=O)CN1CCC(C)(N(C)C(=O)OC(C)(C)C)CC1. The molecule has 1 rings (SSSR count). The van der Waals surface area contributed by atoms with Crippen molar-refractivity contribution >= 4 is 12.0 Å². The minimum absolute atomic E-state index is 0.0767. The maximum atomic E-state index is 12.3. The Balaban J connectivity index is 2.48. The summed E-state index contributed by atoms with van der Waals surface area (Å²) >= 11 is 0. The molecule has 6 heteroatoms. The van der Waals surface area contributed by atoms with Crippen LogP contribution in [0.1, 0.15) is 54.4 Å². The average molecular weight is 341 g/mol. The summed E-state index contributed by atoms with van der Waals surface area (Å²) in [6.07, 6.45) is 1.38. The van der Waals surface area contributed by atoms with Crippen LogP contribution in [0, 0.1) is 5.92 Å². The van der Waals surface area contributed by atoms with E-state index in [1.165, 1.54) is 0 Å². The van der Waals surface area contributed by atoms with Crippen LogP contribution in [0.4, 0.5) is 4.79 Å². The quantitative estimate of drug-likeness (QED) is 0.834. The Morgan fingerprint density at radius 1 is 1.25 bits per heavy atom. The molecule has 0 saturated carbocycles. The number of hydrogen-bond donors (Lipinski definition) is 1. The van der Waals surface area contributed by atoms with Crippen molar-refractivity contribution in [1.29, 1.82) is 0 Å². The lowest BCUT2D eigenvalue weighted by Gasteiger charge is -2.45. The van der Waals surface area contributed by atoms with E-state index in [1.807, 2.05) is 20.8 Å². The van der Waals surface area contributed by atoms with Crippen molar-refractivity contribution in [2.45, 2.75) is 65.5 Å². The van der Waals surface area contributed by atoms with E-state index < -0.39 is 5.60 Å². The Morgan fingerprint density at radius 3 is 2.25 bits per heavy atom. The number of amides is 2. The lowest BCUT2D eigenvalue weighted by molar-refractivity contribution is -0.123. The Morgan fingerprint density at radius 2 is 1.79 bits per heavy atom. The molecule has 2 amide bonds. The van der Waals surface area contributed by atoms with Crippen molar-refractivity contribution < 1.29 is 14.3 Å². The van der Waals surface area contributed by atoms with E-state index in [0.29, 0.717) is 19.0 Å². The zero-order chi connectivity index (χ0) is 18.5. The molecule has 140 valence electrons. The first kappa shape index (κ1) is 20.7. The van der Waals surface area contributed by atoms with E-state index in [0.717, 1.165) is 25.9 Å². The number of ether oxygens (including phenoxy) is 1. The second kappa shape index (κ2) is 8.19. The predicted octanol–water partition coefficient (Wildman–Crippen LogP) is 2.48. The second-order valence-electron chi connectivity index (χ2n) is 8.51. The van der Waals surface area contributed by atoms with Gasteiger partial charge in [0, 0.05) is 32.2 Å². The molecule has 0 bridgehead atoms. The van der Waals surface area contributed by atoms with E-state index in [1.54, 1.807) is 11.9 Å². The standard InChI is InChI=1S/C18H35N3O3/c1-14(2)12-19-15(22)13-21-10-8-18(6,9-11-21)20(7)16(23)24-17(3,4)5/h14H,8-13H2,1-7H3,(H,19,22). The van der Waals surface area contributed by atoms with Gasteiger partial charge in [0.15, 0.2) is 0 Å². The first-order chi connectivity index (χ1) is 10.9. The molecule has 6 nitrogen and oxygen atoms in total. The van der Waals surface area contributed by atoms with Crippen LogP contribution < -0.4 is 5.32 Å². The first-order valence-electron chi connectivity index (χ1n) is 8.89. The van der Waals surface area contributed by atoms with Crippen molar-refractivity contribution in [2.75, 3.05) is 33.2 Å². The summed E-state index contributed by atoms with van der Waals surface area (Å²) in [5.41, 5.74) is -0.718. The van der Waals surface area contributed by atoms with Gasteiger partial charge in [-0.3, -0.25) is 9.69 Å². The molecule has 0 aromatic carbocycles. The third kappa shape index (κ3) is 6.67. The molecule has 0 aliphatic carbocycles. The van der Waals surface area contributed by atoms with Gasteiger partial charge in [-0.1, -0.05) is 13.8 Å². The molecule has 0 radical (unpaired) electrons. The fourth-order valence-corrected chi connectivity index (χ4v) is 2.66. The largest absolute Gasteiger partial charge is 0.444 e. The number of carbonyl (C=O) groups is 2. The Bertz CT molecular complexity index is 435. The number of hydrogen-bond acceptors (Lipinski definition) is 4. The van der Waals surface area contributed by atoms with Crippen LogP contribution in [0.2, 0.25) is 0 Å². The smallest absolute Gasteiger partial charge is 0.410 e. The maximum absolute atomic E-state index is 12.3. The third-order valence-electron chi connectivity index (χ3n) is 4.49. The highest BCUT2D eigenvalue weighted by atomic mass is 16.6. The Kier molecular flexibility index (Phi) is 7.08. The summed E-state index contributed by atoms with van der Waals surface area (Å²) in [4.78, 5) is 28.1.